The van der Waals surface area contributed by atoms with Gasteiger partial charge in [-0.2, -0.15) is 44.7 Å². The van der Waals surface area contributed by atoms with Crippen LogP contribution >= 0.6 is 0 Å². The maximum absolute atomic E-state index is 15.4. The van der Waals surface area contributed by atoms with Crippen LogP contribution < -0.4 is 0 Å². The average Bonchev–Trinajstić information content (AvgIpc) is 4.18. The van der Waals surface area contributed by atoms with Crippen LogP contribution in [0.5, 0.6) is 0 Å². The summed E-state index contributed by atoms with van der Waals surface area (Å²) in [6.45, 7) is 0. The monoisotopic (exact) mass is 1010 g/mol. The van der Waals surface area contributed by atoms with Gasteiger partial charge in [0.1, 0.15) is 0 Å². The van der Waals surface area contributed by atoms with Gasteiger partial charge in [0.2, 0.25) is 0 Å². The molecule has 0 spiro atoms. The van der Waals surface area contributed by atoms with E-state index < -0.39 is 11.7 Å². The van der Waals surface area contributed by atoms with Gasteiger partial charge in [-0.15, -0.1) is 0 Å². The Bertz CT molecular complexity index is 4590. The summed E-state index contributed by atoms with van der Waals surface area (Å²) < 4.78 is 50.3. The summed E-state index contributed by atoms with van der Waals surface area (Å²) in [5, 5.41) is 64.1. The van der Waals surface area contributed by atoms with Crippen LogP contribution in [0, 0.1) is 68.0 Å². The van der Waals surface area contributed by atoms with Crippen molar-refractivity contribution in [1.82, 2.24) is 9.13 Å². The first kappa shape index (κ1) is 47.5. The first-order chi connectivity index (χ1) is 38.0. The summed E-state index contributed by atoms with van der Waals surface area (Å²) >= 11 is 0. The molecule has 12 rings (SSSR count). The zero-order chi connectivity index (χ0) is 53.8. The number of benzene rings is 10. The molecule has 0 saturated carbocycles. The smallest absolute Gasteiger partial charge is 0.307 e. The number of nitrogens with zero attached hydrogens (tertiary/aromatic N) is 8. The zero-order valence-electron chi connectivity index (χ0n) is 40.8. The molecule has 2 aromatic heterocycles. The van der Waals surface area contributed by atoms with Crippen molar-refractivity contribution in [3.05, 3.63) is 239 Å². The molecule has 0 unspecified atom stereocenters. The van der Waals surface area contributed by atoms with Crippen molar-refractivity contribution in [2.24, 2.45) is 0 Å². The number of halogens is 3. The molecule has 0 atom stereocenters. The van der Waals surface area contributed by atoms with Crippen molar-refractivity contribution in [1.29, 1.82) is 31.6 Å². The van der Waals surface area contributed by atoms with Crippen molar-refractivity contribution >= 4 is 43.6 Å². The molecule has 0 aliphatic carbocycles. The Morgan fingerprint density at radius 1 is 0.295 bits per heavy atom. The Kier molecular flexibility index (Phi) is 11.4. The molecule has 0 aliphatic rings. The molecule has 8 nitrogen and oxygen atoms in total. The van der Waals surface area contributed by atoms with Crippen molar-refractivity contribution in [3.63, 3.8) is 0 Å². The average molecular weight is 1010 g/mol. The lowest BCUT2D eigenvalue weighted by Gasteiger charge is -2.21. The van der Waals surface area contributed by atoms with Crippen molar-refractivity contribution in [2.75, 3.05) is 0 Å². The van der Waals surface area contributed by atoms with E-state index in [4.69, 9.17) is 0 Å². The van der Waals surface area contributed by atoms with Gasteiger partial charge in [-0.25, -0.2) is 0 Å². The Morgan fingerprint density at radius 2 is 0.615 bits per heavy atom. The van der Waals surface area contributed by atoms with Crippen LogP contribution in [-0.2, 0) is 6.18 Å². The van der Waals surface area contributed by atoms with Crippen molar-refractivity contribution in [2.45, 2.75) is 6.18 Å². The molecule has 0 amide bonds. The predicted molar refractivity (Wildman–Crippen MR) is 296 cm³/mol. The van der Waals surface area contributed by atoms with Crippen LogP contribution in [0.25, 0.3) is 111 Å². The first-order valence-electron chi connectivity index (χ1n) is 24.4. The van der Waals surface area contributed by atoms with Gasteiger partial charge in [-0.05, 0) is 147 Å². The molecule has 0 aliphatic heterocycles. The second-order valence-electron chi connectivity index (χ2n) is 18.7. The standard InChI is InChI=1S/C67H33F3N8/c68-67(69,70)60-27-44(38-75)13-18-54(60)59-33-66(78-63-30-51(47-11-3-7-42(25-47)36-73)16-21-57(63)58-22-17-52(31-64(58)78)48-12-4-8-43(26-48)37-74)65(32-53(59)39-76)77-61-28-49(45-9-1-5-40(23-45)34-71)14-19-55(61)56-20-15-50(29-62(56)77)46-10-2-6-41(24-46)35-72/h1-33H. The molecule has 0 fully saturated rings. The molecule has 0 saturated heterocycles. The van der Waals surface area contributed by atoms with Crippen molar-refractivity contribution < 1.29 is 13.2 Å². The number of aromatic nitrogens is 2. The summed E-state index contributed by atoms with van der Waals surface area (Å²) in [6, 6.07) is 72.3. The lowest BCUT2D eigenvalue weighted by Crippen LogP contribution is -2.10. The number of fused-ring (bicyclic) bond motifs is 6. The summed E-state index contributed by atoms with van der Waals surface area (Å²) in [6.07, 6.45) is -4.94. The van der Waals surface area contributed by atoms with Crippen LogP contribution in [0.3, 0.4) is 0 Å². The summed E-state index contributed by atoms with van der Waals surface area (Å²) in [5.41, 5.74) is 9.54. The van der Waals surface area contributed by atoms with Crippen molar-refractivity contribution in [3.8, 4) is 103 Å². The fourth-order valence-corrected chi connectivity index (χ4v) is 10.7. The van der Waals surface area contributed by atoms with Gasteiger partial charge >= 0.3 is 6.18 Å². The maximum atomic E-state index is 15.4. The quantitative estimate of drug-likeness (QED) is 0.155. The van der Waals surface area contributed by atoms with E-state index in [1.165, 1.54) is 12.1 Å². The lowest BCUT2D eigenvalue weighted by atomic mass is 9.92. The van der Waals surface area contributed by atoms with E-state index in [2.05, 4.69) is 30.3 Å². The summed E-state index contributed by atoms with van der Waals surface area (Å²) in [4.78, 5) is 0. The van der Waals surface area contributed by atoms with Gasteiger partial charge in [-0.1, -0.05) is 103 Å². The molecule has 0 N–H and O–H groups in total. The molecule has 12 aromatic rings. The third kappa shape index (κ3) is 8.08. The number of nitriles is 6. The minimum absolute atomic E-state index is 0.0393. The SMILES string of the molecule is N#Cc1cccc(-c2ccc3c4ccc(-c5cccc(C#N)c5)cc4n(-c4cc(C#N)c(-c5ccc(C#N)cc5C(F)(F)F)cc4-n4c5cc(-c6cccc(C#N)c6)ccc5c5ccc(-c6cccc(C#N)c6)cc54)c3c2)c1. The van der Waals surface area contributed by atoms with E-state index in [9.17, 15) is 31.6 Å². The number of alkyl halides is 3. The van der Waals surface area contributed by atoms with Gasteiger partial charge in [0.25, 0.3) is 0 Å². The van der Waals surface area contributed by atoms with E-state index >= 15 is 13.2 Å². The highest BCUT2D eigenvalue weighted by atomic mass is 19.4. The van der Waals surface area contributed by atoms with E-state index in [0.29, 0.717) is 55.7 Å². The third-order valence-corrected chi connectivity index (χ3v) is 14.3. The minimum atomic E-state index is -4.94. The number of rotatable bonds is 7. The molecule has 10 aromatic carbocycles. The highest BCUT2D eigenvalue weighted by Crippen LogP contribution is 2.46. The van der Waals surface area contributed by atoms with Crippen LogP contribution in [-0.4, -0.2) is 9.13 Å². The zero-order valence-corrected chi connectivity index (χ0v) is 40.8. The van der Waals surface area contributed by atoms with E-state index in [1.54, 1.807) is 72.8 Å². The highest BCUT2D eigenvalue weighted by molar-refractivity contribution is 6.14. The van der Waals surface area contributed by atoms with E-state index in [-0.39, 0.29) is 22.3 Å². The first-order valence-corrected chi connectivity index (χ1v) is 24.4. The van der Waals surface area contributed by atoms with Crippen LogP contribution in [0.15, 0.2) is 200 Å². The van der Waals surface area contributed by atoms with Gasteiger partial charge < -0.3 is 9.13 Å². The predicted octanol–water partition coefficient (Wildman–Crippen LogP) is 16.5. The fraction of sp³-hybridized carbons (Fsp3) is 0.0149. The molecule has 0 bridgehead atoms. The van der Waals surface area contributed by atoms with Crippen LogP contribution in [0.1, 0.15) is 38.9 Å². The van der Waals surface area contributed by atoms with E-state index in [0.717, 1.165) is 72.1 Å². The summed E-state index contributed by atoms with van der Waals surface area (Å²) in [5.74, 6) is 0. The largest absolute Gasteiger partial charge is 0.417 e. The molecule has 78 heavy (non-hydrogen) atoms. The number of hydrogen-bond donors (Lipinski definition) is 0. The van der Waals surface area contributed by atoms with Gasteiger partial charge in [-0.3, -0.25) is 0 Å². The summed E-state index contributed by atoms with van der Waals surface area (Å²) in [7, 11) is 0. The Hall–Kier alpha value is -11.5. The molecule has 362 valence electrons. The van der Waals surface area contributed by atoms with E-state index in [1.807, 2.05) is 124 Å². The molecule has 0 radical (unpaired) electrons. The highest BCUT2D eigenvalue weighted by Gasteiger charge is 2.35. The fourth-order valence-electron chi connectivity index (χ4n) is 10.7. The van der Waals surface area contributed by atoms with Crippen LogP contribution in [0.2, 0.25) is 0 Å². The Labute approximate surface area is 444 Å². The Balaban J connectivity index is 1.28. The van der Waals surface area contributed by atoms with Gasteiger partial charge in [0.05, 0.1) is 109 Å². The van der Waals surface area contributed by atoms with Crippen LogP contribution in [0.4, 0.5) is 13.2 Å². The van der Waals surface area contributed by atoms with Gasteiger partial charge in [0, 0.05) is 27.1 Å². The Morgan fingerprint density at radius 3 is 0.936 bits per heavy atom. The topological polar surface area (TPSA) is 153 Å². The normalized spacial score (nSPS) is 11.2. The molecular weight excluding hydrogens is 974 g/mol. The van der Waals surface area contributed by atoms with Gasteiger partial charge in [0.15, 0.2) is 0 Å². The third-order valence-electron chi connectivity index (χ3n) is 14.3. The maximum Gasteiger partial charge on any atom is 0.417 e. The number of hydrogen-bond acceptors (Lipinski definition) is 6. The second kappa shape index (κ2) is 18.8. The molecular formula is C67H33F3N8. The molecule has 11 heteroatoms. The lowest BCUT2D eigenvalue weighted by molar-refractivity contribution is -0.137. The minimum Gasteiger partial charge on any atom is -0.307 e. The second-order valence-corrected chi connectivity index (χ2v) is 18.7. The molecule has 2 heterocycles.